The summed E-state index contributed by atoms with van der Waals surface area (Å²) in [6.07, 6.45) is 7.91. The number of halogens is 1. The molecule has 1 aromatic carbocycles. The van der Waals surface area contributed by atoms with Crippen LogP contribution in [0.4, 0.5) is 4.39 Å². The summed E-state index contributed by atoms with van der Waals surface area (Å²) in [6, 6.07) is 11.6. The molecule has 2 aromatic heterocycles. The summed E-state index contributed by atoms with van der Waals surface area (Å²) in [5.74, 6) is -0.458. The largest absolute Gasteiger partial charge is 0.463 e. The van der Waals surface area contributed by atoms with Crippen molar-refractivity contribution in [3.8, 4) is 11.5 Å². The second kappa shape index (κ2) is 9.08. The number of carbonyl (C=O) groups is 2. The van der Waals surface area contributed by atoms with E-state index in [-0.39, 0.29) is 30.9 Å². The Kier molecular flexibility index (Phi) is 5.98. The van der Waals surface area contributed by atoms with Gasteiger partial charge in [0.1, 0.15) is 22.7 Å². The Morgan fingerprint density at radius 1 is 1.18 bits per heavy atom. The molecule has 2 aliphatic rings. The van der Waals surface area contributed by atoms with Crippen LogP contribution in [0.2, 0.25) is 0 Å². The molecule has 1 saturated carbocycles. The summed E-state index contributed by atoms with van der Waals surface area (Å²) in [5, 5.41) is 7.76. The Hall–Kier alpha value is -3.42. The van der Waals surface area contributed by atoms with E-state index in [9.17, 15) is 14.0 Å². The highest BCUT2D eigenvalue weighted by molar-refractivity contribution is 6.00. The van der Waals surface area contributed by atoms with Crippen LogP contribution in [0.3, 0.4) is 0 Å². The third-order valence-corrected chi connectivity index (χ3v) is 7.04. The minimum atomic E-state index is -1.23. The first-order chi connectivity index (χ1) is 16.5. The molecule has 178 valence electrons. The highest BCUT2D eigenvalue weighted by atomic mass is 19.1. The number of hydrogen-bond donors (Lipinski definition) is 1. The molecule has 5 rings (SSSR count). The van der Waals surface area contributed by atoms with E-state index >= 15 is 0 Å². The van der Waals surface area contributed by atoms with Gasteiger partial charge in [0.2, 0.25) is 5.91 Å². The first-order valence-electron chi connectivity index (χ1n) is 11.9. The Morgan fingerprint density at radius 3 is 2.65 bits per heavy atom. The van der Waals surface area contributed by atoms with E-state index in [0.29, 0.717) is 22.7 Å². The molecule has 8 heteroatoms. The van der Waals surface area contributed by atoms with Crippen LogP contribution >= 0.6 is 0 Å². The smallest absolute Gasteiger partial charge is 0.273 e. The van der Waals surface area contributed by atoms with Gasteiger partial charge in [0.15, 0.2) is 5.76 Å². The molecule has 1 aliphatic carbocycles. The summed E-state index contributed by atoms with van der Waals surface area (Å²) < 4.78 is 21.6. The maximum Gasteiger partial charge on any atom is 0.273 e. The number of carbonyl (C=O) groups excluding carboxylic acids is 2. The molecule has 0 bridgehead atoms. The fraction of sp³-hybridized carbons (Fsp3) is 0.423. The summed E-state index contributed by atoms with van der Waals surface area (Å²) >= 11 is 0. The second-order valence-electron chi connectivity index (χ2n) is 9.47. The van der Waals surface area contributed by atoms with Crippen LogP contribution in [0.5, 0.6) is 0 Å². The van der Waals surface area contributed by atoms with E-state index in [1.807, 2.05) is 0 Å². The average molecular weight is 465 g/mol. The number of benzene rings is 1. The van der Waals surface area contributed by atoms with Crippen molar-refractivity contribution in [1.29, 1.82) is 0 Å². The predicted octanol–water partition coefficient (Wildman–Crippen LogP) is 4.54. The number of amides is 2. The van der Waals surface area contributed by atoms with Crippen molar-refractivity contribution in [2.24, 2.45) is 0 Å². The van der Waals surface area contributed by atoms with Gasteiger partial charge in [-0.2, -0.15) is 5.10 Å². The van der Waals surface area contributed by atoms with Crippen molar-refractivity contribution < 1.29 is 18.4 Å². The van der Waals surface area contributed by atoms with Gasteiger partial charge in [0.05, 0.1) is 19.4 Å². The van der Waals surface area contributed by atoms with Crippen LogP contribution in [0, 0.1) is 5.82 Å². The number of hydrogen-bond acceptors (Lipinski definition) is 4. The minimum absolute atomic E-state index is 0.0125. The maximum absolute atomic E-state index is 14.6. The van der Waals surface area contributed by atoms with E-state index in [0.717, 1.165) is 25.7 Å². The average Bonchev–Trinajstić information content (AvgIpc) is 3.43. The van der Waals surface area contributed by atoms with Gasteiger partial charge in [-0.1, -0.05) is 43.9 Å². The first-order valence-corrected chi connectivity index (χ1v) is 11.9. The van der Waals surface area contributed by atoms with Gasteiger partial charge in [-0.25, -0.2) is 4.39 Å². The molecule has 0 radical (unpaired) electrons. The number of aromatic nitrogens is 2. The Balaban J connectivity index is 1.50. The molecule has 1 aliphatic heterocycles. The molecule has 0 unspecified atom stereocenters. The van der Waals surface area contributed by atoms with Crippen molar-refractivity contribution in [3.63, 3.8) is 0 Å². The number of nitrogens with one attached hydrogen (secondary N) is 1. The fourth-order valence-corrected chi connectivity index (χ4v) is 5.00. The van der Waals surface area contributed by atoms with Gasteiger partial charge in [-0.3, -0.25) is 14.3 Å². The summed E-state index contributed by atoms with van der Waals surface area (Å²) in [5.41, 5.74) is 0.00384. The number of fused-ring (bicyclic) bond motifs is 1. The lowest BCUT2D eigenvalue weighted by Gasteiger charge is -2.44. The highest BCUT2D eigenvalue weighted by Gasteiger charge is 2.48. The Labute approximate surface area is 197 Å². The predicted molar refractivity (Wildman–Crippen MR) is 124 cm³/mol. The zero-order valence-corrected chi connectivity index (χ0v) is 19.3. The molecule has 1 atom stereocenters. The summed E-state index contributed by atoms with van der Waals surface area (Å²) in [7, 11) is 0. The van der Waals surface area contributed by atoms with Crippen LogP contribution in [0.1, 0.15) is 61.5 Å². The Morgan fingerprint density at radius 2 is 1.94 bits per heavy atom. The Bertz CT molecular complexity index is 1180. The van der Waals surface area contributed by atoms with E-state index in [4.69, 9.17) is 4.42 Å². The molecule has 0 saturated heterocycles. The monoisotopic (exact) mass is 464 g/mol. The zero-order valence-electron chi connectivity index (χ0n) is 19.3. The van der Waals surface area contributed by atoms with Crippen molar-refractivity contribution in [3.05, 3.63) is 65.8 Å². The zero-order chi connectivity index (χ0) is 23.7. The van der Waals surface area contributed by atoms with Crippen LogP contribution in [0.25, 0.3) is 11.5 Å². The highest BCUT2D eigenvalue weighted by Crippen LogP contribution is 2.32. The minimum Gasteiger partial charge on any atom is -0.463 e. The molecule has 7 nitrogen and oxygen atoms in total. The molecule has 3 heterocycles. The molecule has 3 aromatic rings. The van der Waals surface area contributed by atoms with Gasteiger partial charge in [0.25, 0.3) is 5.91 Å². The molecular formula is C26H29FN4O3. The number of furan rings is 1. The maximum atomic E-state index is 14.6. The first kappa shape index (κ1) is 22.4. The van der Waals surface area contributed by atoms with Crippen molar-refractivity contribution in [2.75, 3.05) is 0 Å². The van der Waals surface area contributed by atoms with Crippen LogP contribution in [-0.2, 0) is 17.9 Å². The normalized spacial score (nSPS) is 21.2. The lowest BCUT2D eigenvalue weighted by molar-refractivity contribution is -0.134. The lowest BCUT2D eigenvalue weighted by Crippen LogP contribution is -2.64. The van der Waals surface area contributed by atoms with Crippen LogP contribution in [0.15, 0.2) is 53.1 Å². The van der Waals surface area contributed by atoms with E-state index in [1.54, 1.807) is 54.3 Å². The topological polar surface area (TPSA) is 80.4 Å². The fourth-order valence-electron chi connectivity index (χ4n) is 5.00. The van der Waals surface area contributed by atoms with Gasteiger partial charge < -0.3 is 14.6 Å². The molecule has 0 spiro atoms. The van der Waals surface area contributed by atoms with Crippen molar-refractivity contribution >= 4 is 11.8 Å². The van der Waals surface area contributed by atoms with Gasteiger partial charge in [0, 0.05) is 17.7 Å². The number of nitrogens with zero attached hydrogens (tertiary/aromatic N) is 3. The van der Waals surface area contributed by atoms with Crippen LogP contribution in [-0.4, -0.2) is 38.1 Å². The summed E-state index contributed by atoms with van der Waals surface area (Å²) in [4.78, 5) is 28.9. The third-order valence-electron chi connectivity index (χ3n) is 7.04. The second-order valence-corrected chi connectivity index (χ2v) is 9.47. The third kappa shape index (κ3) is 4.13. The van der Waals surface area contributed by atoms with E-state index in [2.05, 4.69) is 10.4 Å². The SMILES string of the molecule is C[C@]1(C(=O)NC2CCCCCC2)Cn2nc(-c3ccco3)cc2C(=O)N1Cc1ccccc1F. The standard InChI is InChI=1S/C26H29FN4O3/c1-26(25(33)28-19-10-4-2-3-5-11-19)17-31-22(15-21(29-31)23-13-8-14-34-23)24(32)30(26)16-18-9-6-7-12-20(18)27/h6-9,12-15,19H,2-5,10-11,16-17H2,1H3,(H,28,33)/t26-/m1/s1. The molecule has 34 heavy (non-hydrogen) atoms. The van der Waals surface area contributed by atoms with Gasteiger partial charge in [-0.05, 0) is 38.0 Å². The van der Waals surface area contributed by atoms with E-state index in [1.165, 1.54) is 23.8 Å². The molecular weight excluding hydrogens is 435 g/mol. The van der Waals surface area contributed by atoms with Crippen molar-refractivity contribution in [2.45, 2.75) is 70.1 Å². The van der Waals surface area contributed by atoms with E-state index < -0.39 is 11.4 Å². The van der Waals surface area contributed by atoms with Gasteiger partial charge >= 0.3 is 0 Å². The number of rotatable bonds is 5. The quantitative estimate of drug-likeness (QED) is 0.563. The summed E-state index contributed by atoms with van der Waals surface area (Å²) in [6.45, 7) is 1.90. The molecule has 2 amide bonds. The van der Waals surface area contributed by atoms with Crippen LogP contribution < -0.4 is 5.32 Å². The lowest BCUT2D eigenvalue weighted by atomic mass is 9.93. The van der Waals surface area contributed by atoms with Gasteiger partial charge in [-0.15, -0.1) is 0 Å². The molecule has 1 fully saturated rings. The molecule has 1 N–H and O–H groups in total. The van der Waals surface area contributed by atoms with Crippen molar-refractivity contribution in [1.82, 2.24) is 20.0 Å².